The van der Waals surface area contributed by atoms with Crippen LogP contribution in [0.15, 0.2) is 30.0 Å². The second kappa shape index (κ2) is 7.51. The summed E-state index contributed by atoms with van der Waals surface area (Å²) < 4.78 is 0. The first-order chi connectivity index (χ1) is 13.5. The predicted octanol–water partition coefficient (Wildman–Crippen LogP) is 2.67. The minimum Gasteiger partial charge on any atom is -0.383 e. The summed E-state index contributed by atoms with van der Waals surface area (Å²) >= 11 is 1.48. The van der Waals surface area contributed by atoms with Crippen molar-refractivity contribution in [3.05, 3.63) is 41.2 Å². The van der Waals surface area contributed by atoms with E-state index < -0.39 is 11.8 Å². The fourth-order valence-corrected chi connectivity index (χ4v) is 4.06. The Morgan fingerprint density at radius 3 is 2.89 bits per heavy atom. The number of nitrogens with one attached hydrogen (secondary N) is 1. The first-order valence-corrected chi connectivity index (χ1v) is 9.94. The summed E-state index contributed by atoms with van der Waals surface area (Å²) in [6.45, 7) is 2.33. The summed E-state index contributed by atoms with van der Waals surface area (Å²) in [4.78, 5) is 40.7. The van der Waals surface area contributed by atoms with Crippen LogP contribution in [-0.2, 0) is 9.59 Å². The van der Waals surface area contributed by atoms with Crippen LogP contribution in [0.3, 0.4) is 0 Å². The number of nitrogens with zero attached hydrogens (tertiary/aromatic N) is 4. The molecule has 0 saturated carbocycles. The van der Waals surface area contributed by atoms with Crippen molar-refractivity contribution in [3.63, 3.8) is 0 Å². The molecular weight excluding hydrogens is 376 g/mol. The lowest BCUT2D eigenvalue weighted by atomic mass is 9.96. The number of carbonyl (C=O) groups excluding carboxylic acids is 2. The number of rotatable bonds is 2. The smallest absolute Gasteiger partial charge is 0.313 e. The molecule has 4 heterocycles. The fraction of sp³-hybridized carbons (Fsp3) is 0.316. The zero-order valence-corrected chi connectivity index (χ0v) is 16.2. The molecule has 4 rings (SSSR count). The molecule has 1 aliphatic heterocycles. The molecule has 0 bridgehead atoms. The number of hydrogen-bond acceptors (Lipinski definition) is 7. The van der Waals surface area contributed by atoms with Crippen molar-refractivity contribution >= 4 is 45.0 Å². The quantitative estimate of drug-likeness (QED) is 0.644. The van der Waals surface area contributed by atoms with Gasteiger partial charge >= 0.3 is 11.8 Å². The van der Waals surface area contributed by atoms with Gasteiger partial charge in [-0.15, -0.1) is 11.3 Å². The standard InChI is InChI=1S/C19H20N6O2S/c1-11-6-13(9-21-16(11)20)24-17(26)19(27)25-5-3-2-4-15(25)12-7-14-18(22-8-12)28-10-23-14/h6-10,15H,2-5H2,1H3,(H2,20,21)(H,24,26)/t15-/m0/s1. The topological polar surface area (TPSA) is 114 Å². The second-order valence-electron chi connectivity index (χ2n) is 6.84. The molecule has 1 aliphatic rings. The Morgan fingerprint density at radius 2 is 2.07 bits per heavy atom. The third-order valence-corrected chi connectivity index (χ3v) is 5.68. The molecule has 9 heteroatoms. The maximum atomic E-state index is 12.9. The van der Waals surface area contributed by atoms with Gasteiger partial charge in [0.25, 0.3) is 0 Å². The molecule has 1 fully saturated rings. The number of thiazole rings is 1. The van der Waals surface area contributed by atoms with Gasteiger partial charge in [-0.3, -0.25) is 9.59 Å². The van der Waals surface area contributed by atoms with Crippen LogP contribution < -0.4 is 11.1 Å². The molecule has 2 amide bonds. The summed E-state index contributed by atoms with van der Waals surface area (Å²) in [7, 11) is 0. The summed E-state index contributed by atoms with van der Waals surface area (Å²) in [6.07, 6.45) is 5.87. The van der Waals surface area contributed by atoms with Crippen LogP contribution in [-0.4, -0.2) is 38.2 Å². The van der Waals surface area contributed by atoms with E-state index >= 15 is 0 Å². The molecule has 1 atom stereocenters. The Kier molecular flexibility index (Phi) is 4.91. The largest absolute Gasteiger partial charge is 0.383 e. The van der Waals surface area contributed by atoms with E-state index in [1.54, 1.807) is 29.6 Å². The van der Waals surface area contributed by atoms with Crippen molar-refractivity contribution in [3.8, 4) is 0 Å². The number of pyridine rings is 2. The van der Waals surface area contributed by atoms with E-state index in [1.807, 2.05) is 6.07 Å². The molecule has 0 spiro atoms. The molecule has 144 valence electrons. The van der Waals surface area contributed by atoms with Gasteiger partial charge in [0.05, 0.1) is 23.4 Å². The number of anilines is 2. The average molecular weight is 396 g/mol. The number of fused-ring (bicyclic) bond motifs is 1. The molecule has 0 unspecified atom stereocenters. The first kappa shape index (κ1) is 18.3. The number of carbonyl (C=O) groups is 2. The molecule has 0 aliphatic carbocycles. The maximum absolute atomic E-state index is 12.9. The zero-order chi connectivity index (χ0) is 19.7. The van der Waals surface area contributed by atoms with Crippen LogP contribution in [0.2, 0.25) is 0 Å². The normalized spacial score (nSPS) is 16.9. The van der Waals surface area contributed by atoms with Crippen molar-refractivity contribution in [2.45, 2.75) is 32.2 Å². The van der Waals surface area contributed by atoms with Crippen molar-refractivity contribution in [2.24, 2.45) is 0 Å². The van der Waals surface area contributed by atoms with Crippen LogP contribution >= 0.6 is 11.3 Å². The Hall–Kier alpha value is -3.07. The highest BCUT2D eigenvalue weighted by molar-refractivity contribution is 7.16. The first-order valence-electron chi connectivity index (χ1n) is 9.06. The summed E-state index contributed by atoms with van der Waals surface area (Å²) in [5.41, 5.74) is 10.4. The van der Waals surface area contributed by atoms with Gasteiger partial charge in [-0.25, -0.2) is 15.0 Å². The van der Waals surface area contributed by atoms with Gasteiger partial charge in [0.1, 0.15) is 16.2 Å². The van der Waals surface area contributed by atoms with Gasteiger partial charge in [-0.05, 0) is 49.4 Å². The van der Waals surface area contributed by atoms with E-state index in [-0.39, 0.29) is 6.04 Å². The molecule has 3 N–H and O–H groups in total. The molecular formula is C19H20N6O2S. The lowest BCUT2D eigenvalue weighted by Crippen LogP contribution is -2.44. The molecule has 8 nitrogen and oxygen atoms in total. The number of aromatic nitrogens is 3. The van der Waals surface area contributed by atoms with E-state index in [1.165, 1.54) is 17.5 Å². The molecule has 28 heavy (non-hydrogen) atoms. The number of amides is 2. The third kappa shape index (κ3) is 3.53. The monoisotopic (exact) mass is 396 g/mol. The molecule has 0 radical (unpaired) electrons. The van der Waals surface area contributed by atoms with Crippen LogP contribution in [0.4, 0.5) is 11.5 Å². The molecule has 0 aromatic carbocycles. The van der Waals surface area contributed by atoms with E-state index in [4.69, 9.17) is 5.73 Å². The van der Waals surface area contributed by atoms with Crippen LogP contribution in [0.1, 0.15) is 36.4 Å². The van der Waals surface area contributed by atoms with Crippen molar-refractivity contribution in [2.75, 3.05) is 17.6 Å². The Bertz CT molecular complexity index is 1050. The zero-order valence-electron chi connectivity index (χ0n) is 15.4. The molecule has 1 saturated heterocycles. The lowest BCUT2D eigenvalue weighted by Gasteiger charge is -2.35. The van der Waals surface area contributed by atoms with Gasteiger partial charge in [0.2, 0.25) is 0 Å². The van der Waals surface area contributed by atoms with Gasteiger partial charge in [0, 0.05) is 12.7 Å². The summed E-state index contributed by atoms with van der Waals surface area (Å²) in [6, 6.07) is 3.47. The van der Waals surface area contributed by atoms with E-state index in [0.29, 0.717) is 18.1 Å². The van der Waals surface area contributed by atoms with Gasteiger partial charge in [-0.1, -0.05) is 0 Å². The number of nitrogens with two attached hydrogens (primary N) is 1. The Labute approximate surface area is 165 Å². The van der Waals surface area contributed by atoms with Crippen LogP contribution in [0, 0.1) is 6.92 Å². The molecule has 3 aromatic rings. The van der Waals surface area contributed by atoms with Gasteiger partial charge < -0.3 is 16.0 Å². The van der Waals surface area contributed by atoms with Crippen LogP contribution in [0.5, 0.6) is 0 Å². The highest BCUT2D eigenvalue weighted by Crippen LogP contribution is 2.32. The van der Waals surface area contributed by atoms with Crippen LogP contribution in [0.25, 0.3) is 10.3 Å². The highest BCUT2D eigenvalue weighted by Gasteiger charge is 2.32. The SMILES string of the molecule is Cc1cc(NC(=O)C(=O)N2CCCC[C@H]2c2cnc3scnc3c2)cnc1N. The average Bonchev–Trinajstić information content (AvgIpc) is 3.18. The van der Waals surface area contributed by atoms with Crippen molar-refractivity contribution < 1.29 is 9.59 Å². The number of nitrogen functional groups attached to an aromatic ring is 1. The lowest BCUT2D eigenvalue weighted by molar-refractivity contribution is -0.145. The number of hydrogen-bond donors (Lipinski definition) is 2. The van der Waals surface area contributed by atoms with E-state index in [2.05, 4.69) is 20.3 Å². The van der Waals surface area contributed by atoms with E-state index in [0.717, 1.165) is 40.7 Å². The van der Waals surface area contributed by atoms with E-state index in [9.17, 15) is 9.59 Å². The van der Waals surface area contributed by atoms with Crippen molar-refractivity contribution in [1.82, 2.24) is 19.9 Å². The maximum Gasteiger partial charge on any atom is 0.313 e. The Balaban J connectivity index is 1.55. The summed E-state index contributed by atoms with van der Waals surface area (Å²) in [5, 5.41) is 2.63. The highest BCUT2D eigenvalue weighted by atomic mass is 32.1. The number of piperidine rings is 1. The molecule has 3 aromatic heterocycles. The summed E-state index contributed by atoms with van der Waals surface area (Å²) in [5.74, 6) is -0.844. The Morgan fingerprint density at radius 1 is 1.21 bits per heavy atom. The second-order valence-corrected chi connectivity index (χ2v) is 7.67. The van der Waals surface area contributed by atoms with Gasteiger partial charge in [-0.2, -0.15) is 0 Å². The third-order valence-electron chi connectivity index (χ3n) is 4.93. The number of likely N-dealkylation sites (tertiary alicyclic amines) is 1. The minimum absolute atomic E-state index is 0.183. The predicted molar refractivity (Wildman–Crippen MR) is 108 cm³/mol. The van der Waals surface area contributed by atoms with Crippen molar-refractivity contribution in [1.29, 1.82) is 0 Å². The fourth-order valence-electron chi connectivity index (χ4n) is 3.44. The number of aryl methyl sites for hydroxylation is 1. The minimum atomic E-state index is -0.680. The van der Waals surface area contributed by atoms with Gasteiger partial charge in [0.15, 0.2) is 0 Å².